The molecule has 196 valence electrons. The van der Waals surface area contributed by atoms with Crippen LogP contribution in [0.2, 0.25) is 0 Å². The Kier molecular flexibility index (Phi) is 6.95. The molecule has 4 unspecified atom stereocenters. The predicted octanol–water partition coefficient (Wildman–Crippen LogP) is 3.71. The van der Waals surface area contributed by atoms with Gasteiger partial charge in [0.05, 0.1) is 0 Å². The maximum Gasteiger partial charge on any atom is 0.397 e. The van der Waals surface area contributed by atoms with Gasteiger partial charge in [-0.3, -0.25) is 0 Å². The molecule has 18 heteroatoms. The largest absolute Gasteiger partial charge is 0.413 e. The summed E-state index contributed by atoms with van der Waals surface area (Å²) in [6.07, 6.45) is -1.00. The van der Waals surface area contributed by atoms with Gasteiger partial charge in [-0.2, -0.15) is 43.9 Å². The number of halogens is 13. The molecule has 5 nitrogen and oxygen atoms in total. The zero-order valence-electron chi connectivity index (χ0n) is 16.0. The summed E-state index contributed by atoms with van der Waals surface area (Å²) in [5.74, 6) is -50.7. The van der Waals surface area contributed by atoms with Gasteiger partial charge in [-0.15, -0.1) is 0 Å². The Bertz CT molecular complexity index is 813. The second kappa shape index (κ2) is 8.01. The average molecular weight is 530 g/mol. The van der Waals surface area contributed by atoms with Crippen LogP contribution >= 0.6 is 0 Å². The van der Waals surface area contributed by atoms with E-state index in [4.69, 9.17) is 0 Å². The Morgan fingerprint density at radius 1 is 0.647 bits per heavy atom. The molecule has 0 heterocycles. The summed E-state index contributed by atoms with van der Waals surface area (Å²) in [5, 5.41) is 9.44. The summed E-state index contributed by atoms with van der Waals surface area (Å²) in [5.41, 5.74) is -13.8. The average Bonchev–Trinajstić information content (AvgIpc) is 2.75. The van der Waals surface area contributed by atoms with Crippen LogP contribution < -0.4 is 0 Å². The molecule has 4 atom stereocenters. The fourth-order valence-corrected chi connectivity index (χ4v) is 2.80. The van der Waals surface area contributed by atoms with Crippen LogP contribution in [0.1, 0.15) is 0 Å². The highest BCUT2D eigenvalue weighted by Crippen LogP contribution is 2.68. The molecule has 1 rings (SSSR count). The summed E-state index contributed by atoms with van der Waals surface area (Å²) in [6, 6.07) is 0. The van der Waals surface area contributed by atoms with E-state index in [2.05, 4.69) is 22.6 Å². The Hall–Kier alpha value is -2.53. The van der Waals surface area contributed by atoms with E-state index in [0.717, 1.165) is 0 Å². The third-order valence-corrected chi connectivity index (χ3v) is 4.84. The summed E-state index contributed by atoms with van der Waals surface area (Å²) >= 11 is 0. The van der Waals surface area contributed by atoms with Gasteiger partial charge in [-0.1, -0.05) is 13.2 Å². The van der Waals surface area contributed by atoms with Crippen molar-refractivity contribution in [3.05, 3.63) is 25.3 Å². The van der Waals surface area contributed by atoms with Crippen molar-refractivity contribution in [3.63, 3.8) is 0 Å². The molecule has 0 saturated heterocycles. The van der Waals surface area contributed by atoms with Crippen molar-refractivity contribution >= 4 is 11.9 Å². The van der Waals surface area contributed by atoms with Gasteiger partial charge in [0.15, 0.2) is 0 Å². The molecule has 0 aromatic rings. The van der Waals surface area contributed by atoms with E-state index >= 15 is 8.78 Å². The lowest BCUT2D eigenvalue weighted by Gasteiger charge is -2.56. The van der Waals surface area contributed by atoms with Gasteiger partial charge in [0, 0.05) is 12.2 Å². The smallest absolute Gasteiger partial charge is 0.397 e. The molecule has 1 aliphatic rings. The zero-order valence-corrected chi connectivity index (χ0v) is 16.0. The van der Waals surface area contributed by atoms with Gasteiger partial charge in [0.1, 0.15) is 13.3 Å². The number of hydrogen-bond acceptors (Lipinski definition) is 5. The minimum atomic E-state index is -7.71. The first-order chi connectivity index (χ1) is 15.0. The van der Waals surface area contributed by atoms with Crippen LogP contribution in [0.4, 0.5) is 57.1 Å². The quantitative estimate of drug-likeness (QED) is 0.322. The summed E-state index contributed by atoms with van der Waals surface area (Å²) < 4.78 is 194. The molecular weight excluding hydrogens is 519 g/mol. The van der Waals surface area contributed by atoms with Gasteiger partial charge < -0.3 is 14.6 Å². The molecule has 0 amide bonds. The predicted molar refractivity (Wildman–Crippen MR) is 80.8 cm³/mol. The van der Waals surface area contributed by atoms with Crippen LogP contribution in [0.3, 0.4) is 0 Å². The third-order valence-electron chi connectivity index (χ3n) is 4.84. The molecule has 34 heavy (non-hydrogen) atoms. The Labute approximate surface area is 179 Å². The first-order valence-corrected chi connectivity index (χ1v) is 8.16. The van der Waals surface area contributed by atoms with Crippen molar-refractivity contribution in [3.8, 4) is 0 Å². The van der Waals surface area contributed by atoms with Gasteiger partial charge in [-0.25, -0.2) is 22.8 Å². The van der Waals surface area contributed by atoms with Gasteiger partial charge in [0.2, 0.25) is 5.60 Å². The van der Waals surface area contributed by atoms with Crippen LogP contribution in [0, 0.1) is 0 Å². The van der Waals surface area contributed by atoms with Crippen molar-refractivity contribution in [2.75, 3.05) is 13.3 Å². The molecule has 0 aromatic heterocycles. The van der Waals surface area contributed by atoms with Gasteiger partial charge in [-0.05, 0) is 0 Å². The normalized spacial score (nSPS) is 38.1. The molecule has 0 aliphatic heterocycles. The number of alkyl halides is 13. The van der Waals surface area contributed by atoms with Crippen molar-refractivity contribution in [1.29, 1.82) is 0 Å². The minimum Gasteiger partial charge on any atom is -0.413 e. The highest BCUT2D eigenvalue weighted by Gasteiger charge is 3.01. The van der Waals surface area contributed by atoms with E-state index in [0.29, 0.717) is 0 Å². The van der Waals surface area contributed by atoms with E-state index in [1.54, 1.807) is 0 Å². The summed E-state index contributed by atoms with van der Waals surface area (Å²) in [4.78, 5) is 22.3. The lowest BCUT2D eigenvalue weighted by molar-refractivity contribution is -0.504. The SMILES string of the molecule is C=CC(=O)OC1(F)C(F)(F)C(O)(CF)C(F)(F)C(F)(CF)C(F)(F)C(F)(OC(=O)C=C)C1(F)F. The number of rotatable bonds is 6. The second-order valence-electron chi connectivity index (χ2n) is 6.67. The van der Waals surface area contributed by atoms with E-state index in [9.17, 15) is 63.0 Å². The highest BCUT2D eigenvalue weighted by molar-refractivity contribution is 5.82. The summed E-state index contributed by atoms with van der Waals surface area (Å²) in [7, 11) is 0. The topological polar surface area (TPSA) is 72.8 Å². The number of ether oxygens (including phenoxy) is 2. The molecule has 1 saturated carbocycles. The van der Waals surface area contributed by atoms with Gasteiger partial charge in [0.25, 0.3) is 5.67 Å². The van der Waals surface area contributed by atoms with Crippen molar-refractivity contribution in [2.45, 2.75) is 46.7 Å². The maximum absolute atomic E-state index is 15.1. The molecule has 0 spiro atoms. The molecule has 1 N–H and O–H groups in total. The Balaban J connectivity index is 4.47. The summed E-state index contributed by atoms with van der Waals surface area (Å²) in [6.45, 7) is -3.38. The lowest BCUT2D eigenvalue weighted by Crippen LogP contribution is -2.88. The van der Waals surface area contributed by atoms with Gasteiger partial charge >= 0.3 is 47.3 Å². The molecule has 1 fully saturated rings. The van der Waals surface area contributed by atoms with E-state index in [1.165, 1.54) is 0 Å². The zero-order chi connectivity index (χ0) is 27.4. The molecule has 1 aliphatic carbocycles. The van der Waals surface area contributed by atoms with Crippen LogP contribution in [0.15, 0.2) is 25.3 Å². The van der Waals surface area contributed by atoms with E-state index in [-0.39, 0.29) is 0 Å². The van der Waals surface area contributed by atoms with Crippen LogP contribution in [-0.4, -0.2) is 77.1 Å². The first-order valence-electron chi connectivity index (χ1n) is 8.16. The van der Waals surface area contributed by atoms with Crippen LogP contribution in [0.5, 0.6) is 0 Å². The monoisotopic (exact) mass is 530 g/mol. The first kappa shape index (κ1) is 29.5. The fourth-order valence-electron chi connectivity index (χ4n) is 2.80. The fraction of sp³-hybridized carbons (Fsp3) is 0.625. The van der Waals surface area contributed by atoms with Crippen molar-refractivity contribution in [2.24, 2.45) is 0 Å². The van der Waals surface area contributed by atoms with Crippen LogP contribution in [0.25, 0.3) is 0 Å². The molecule has 0 bridgehead atoms. The Morgan fingerprint density at radius 3 is 1.29 bits per heavy atom. The Morgan fingerprint density at radius 2 is 1.00 bits per heavy atom. The third kappa shape index (κ3) is 2.98. The maximum atomic E-state index is 15.1. The lowest BCUT2D eigenvalue weighted by atomic mass is 9.67. The van der Waals surface area contributed by atoms with Crippen molar-refractivity contribution < 1.29 is 81.2 Å². The van der Waals surface area contributed by atoms with Crippen molar-refractivity contribution in [1.82, 2.24) is 0 Å². The molecule has 0 aromatic carbocycles. The molecular formula is C16H11F13O5. The number of carbonyl (C=O) groups is 2. The number of esters is 2. The van der Waals surface area contributed by atoms with E-state index < -0.39 is 84.1 Å². The standard InChI is InChI=1S/C16H11F13O5/c1-3-7(30)33-15(28)12(22,23)9(19,5-17)11(20,21)10(32,6-18)13(24,25)16(29,14(15,26)27)34-8(31)4-2/h3-4,32H,1-2,5-6H2. The number of hydrogen-bond donors (Lipinski definition) is 1. The second-order valence-corrected chi connectivity index (χ2v) is 6.67. The number of carbonyl (C=O) groups excluding carboxylic acids is 2. The van der Waals surface area contributed by atoms with E-state index in [1.807, 2.05) is 0 Å². The molecule has 0 radical (unpaired) electrons. The highest BCUT2D eigenvalue weighted by atomic mass is 19.3. The number of aliphatic hydroxyl groups is 1. The minimum absolute atomic E-state index is 0.492. The van der Waals surface area contributed by atoms with Crippen LogP contribution in [-0.2, 0) is 19.1 Å².